The van der Waals surface area contributed by atoms with Crippen LogP contribution in [0.25, 0.3) is 0 Å². The molecule has 118 valence electrons. The van der Waals surface area contributed by atoms with Crippen LogP contribution < -0.4 is 10.1 Å². The van der Waals surface area contributed by atoms with Gasteiger partial charge in [-0.3, -0.25) is 0 Å². The Labute approximate surface area is 126 Å². The number of hydrogen-bond acceptors (Lipinski definition) is 6. The summed E-state index contributed by atoms with van der Waals surface area (Å²) in [5.41, 5.74) is 0. The van der Waals surface area contributed by atoms with Gasteiger partial charge in [0.2, 0.25) is 5.88 Å². The predicted octanol–water partition coefficient (Wildman–Crippen LogP) is 1.92. The zero-order valence-corrected chi connectivity index (χ0v) is 13.3. The minimum atomic E-state index is 0.408. The van der Waals surface area contributed by atoms with Crippen LogP contribution in [0.5, 0.6) is 5.88 Å². The standard InChI is InChI=1S/C15H26N4O2/c1-4-20-11-14-17-13(16-2)9-15(18-14)21-10-12-7-5-6-8-19(12)3/h9,12H,4-8,10-11H2,1-3H3,(H,16,17,18). The van der Waals surface area contributed by atoms with Crippen molar-refractivity contribution in [1.82, 2.24) is 14.9 Å². The second-order valence-electron chi connectivity index (χ2n) is 5.34. The monoisotopic (exact) mass is 294 g/mol. The Balaban J connectivity index is 1.97. The molecule has 0 aromatic carbocycles. The third-order valence-electron chi connectivity index (χ3n) is 3.79. The topological polar surface area (TPSA) is 59.5 Å². The highest BCUT2D eigenvalue weighted by atomic mass is 16.5. The molecule has 6 nitrogen and oxygen atoms in total. The van der Waals surface area contributed by atoms with Crippen LogP contribution in [0.1, 0.15) is 32.0 Å². The third kappa shape index (κ3) is 4.82. The SMILES string of the molecule is CCOCc1nc(NC)cc(OCC2CCCCN2C)n1. The van der Waals surface area contributed by atoms with Crippen LogP contribution in [0.4, 0.5) is 5.82 Å². The van der Waals surface area contributed by atoms with E-state index in [9.17, 15) is 0 Å². The lowest BCUT2D eigenvalue weighted by atomic mass is 10.0. The Morgan fingerprint density at radius 2 is 2.24 bits per heavy atom. The maximum Gasteiger partial charge on any atom is 0.218 e. The molecule has 1 saturated heterocycles. The quantitative estimate of drug-likeness (QED) is 0.829. The molecule has 1 aliphatic heterocycles. The summed E-state index contributed by atoms with van der Waals surface area (Å²) in [4.78, 5) is 11.1. The summed E-state index contributed by atoms with van der Waals surface area (Å²) in [6.45, 7) is 4.83. The second-order valence-corrected chi connectivity index (χ2v) is 5.34. The minimum absolute atomic E-state index is 0.408. The smallest absolute Gasteiger partial charge is 0.218 e. The molecule has 1 aromatic heterocycles. The molecule has 0 amide bonds. The van der Waals surface area contributed by atoms with Crippen molar-refractivity contribution in [1.29, 1.82) is 0 Å². The molecule has 1 unspecified atom stereocenters. The molecule has 1 atom stereocenters. The van der Waals surface area contributed by atoms with Crippen molar-refractivity contribution >= 4 is 5.82 Å². The summed E-state index contributed by atoms with van der Waals surface area (Å²) in [6, 6.07) is 2.31. The maximum atomic E-state index is 5.89. The number of nitrogens with one attached hydrogen (secondary N) is 1. The van der Waals surface area contributed by atoms with Crippen molar-refractivity contribution in [3.8, 4) is 5.88 Å². The number of ether oxygens (including phenoxy) is 2. The van der Waals surface area contributed by atoms with E-state index in [1.165, 1.54) is 19.3 Å². The fourth-order valence-corrected chi connectivity index (χ4v) is 2.47. The fraction of sp³-hybridized carbons (Fsp3) is 0.733. The van der Waals surface area contributed by atoms with Gasteiger partial charge in [0, 0.05) is 25.8 Å². The zero-order chi connectivity index (χ0) is 15.1. The predicted molar refractivity (Wildman–Crippen MR) is 82.7 cm³/mol. The lowest BCUT2D eigenvalue weighted by Gasteiger charge is -2.31. The molecule has 21 heavy (non-hydrogen) atoms. The molecule has 0 spiro atoms. The largest absolute Gasteiger partial charge is 0.476 e. The normalized spacial score (nSPS) is 19.5. The molecule has 1 aliphatic rings. The highest BCUT2D eigenvalue weighted by Gasteiger charge is 2.19. The van der Waals surface area contributed by atoms with Crippen LogP contribution in [0, 0.1) is 0 Å². The van der Waals surface area contributed by atoms with Crippen LogP contribution in [0.2, 0.25) is 0 Å². The van der Waals surface area contributed by atoms with E-state index >= 15 is 0 Å². The zero-order valence-electron chi connectivity index (χ0n) is 13.3. The molecule has 1 fully saturated rings. The van der Waals surface area contributed by atoms with E-state index < -0.39 is 0 Å². The average Bonchev–Trinajstić information content (AvgIpc) is 2.52. The number of nitrogens with zero attached hydrogens (tertiary/aromatic N) is 3. The summed E-state index contributed by atoms with van der Waals surface area (Å²) in [5.74, 6) is 2.02. The molecule has 2 rings (SSSR count). The lowest BCUT2D eigenvalue weighted by Crippen LogP contribution is -2.40. The maximum absolute atomic E-state index is 5.89. The summed E-state index contributed by atoms with van der Waals surface area (Å²) in [7, 11) is 4.00. The molecule has 0 aliphatic carbocycles. The first-order chi connectivity index (χ1) is 10.2. The molecule has 0 radical (unpaired) electrons. The first-order valence-electron chi connectivity index (χ1n) is 7.69. The number of hydrogen-bond donors (Lipinski definition) is 1. The van der Waals surface area contributed by atoms with Crippen molar-refractivity contribution in [2.75, 3.05) is 39.2 Å². The van der Waals surface area contributed by atoms with E-state index in [0.717, 1.165) is 12.4 Å². The van der Waals surface area contributed by atoms with Gasteiger partial charge in [-0.2, -0.15) is 4.98 Å². The first kappa shape index (κ1) is 16.0. The molecule has 1 aromatic rings. The van der Waals surface area contributed by atoms with E-state index in [4.69, 9.17) is 9.47 Å². The van der Waals surface area contributed by atoms with E-state index in [-0.39, 0.29) is 0 Å². The average molecular weight is 294 g/mol. The molecule has 0 saturated carbocycles. The van der Waals surface area contributed by atoms with Crippen LogP contribution in [0.15, 0.2) is 6.07 Å². The van der Waals surface area contributed by atoms with Gasteiger partial charge in [-0.15, -0.1) is 0 Å². The number of aromatic nitrogens is 2. The van der Waals surface area contributed by atoms with Crippen molar-refractivity contribution in [2.45, 2.75) is 38.8 Å². The Morgan fingerprint density at radius 3 is 2.95 bits per heavy atom. The Hall–Kier alpha value is -1.40. The summed E-state index contributed by atoms with van der Waals surface area (Å²) in [5, 5.41) is 3.03. The number of likely N-dealkylation sites (N-methyl/N-ethyl adjacent to an activating group) is 1. The van der Waals surface area contributed by atoms with Gasteiger partial charge in [0.05, 0.1) is 0 Å². The molecular weight excluding hydrogens is 268 g/mol. The van der Waals surface area contributed by atoms with Gasteiger partial charge in [0.25, 0.3) is 0 Å². The van der Waals surface area contributed by atoms with Gasteiger partial charge in [0.15, 0.2) is 5.82 Å². The van der Waals surface area contributed by atoms with E-state index in [0.29, 0.717) is 37.6 Å². The number of likely N-dealkylation sites (tertiary alicyclic amines) is 1. The molecule has 1 N–H and O–H groups in total. The van der Waals surface area contributed by atoms with Gasteiger partial charge in [0.1, 0.15) is 19.0 Å². The van der Waals surface area contributed by atoms with Gasteiger partial charge in [-0.1, -0.05) is 6.42 Å². The third-order valence-corrected chi connectivity index (χ3v) is 3.79. The second kappa shape index (κ2) is 8.14. The van der Waals surface area contributed by atoms with Crippen molar-refractivity contribution < 1.29 is 9.47 Å². The molecule has 6 heteroatoms. The Kier molecular flexibility index (Phi) is 6.20. The van der Waals surface area contributed by atoms with Gasteiger partial charge >= 0.3 is 0 Å². The Bertz CT molecular complexity index is 442. The minimum Gasteiger partial charge on any atom is -0.476 e. The first-order valence-corrected chi connectivity index (χ1v) is 7.69. The highest BCUT2D eigenvalue weighted by Crippen LogP contribution is 2.18. The van der Waals surface area contributed by atoms with E-state index in [1.807, 2.05) is 20.0 Å². The number of rotatable bonds is 7. The van der Waals surface area contributed by atoms with Gasteiger partial charge in [-0.05, 0) is 33.4 Å². The van der Waals surface area contributed by atoms with Gasteiger partial charge in [-0.25, -0.2) is 4.98 Å². The fourth-order valence-electron chi connectivity index (χ4n) is 2.47. The van der Waals surface area contributed by atoms with E-state index in [2.05, 4.69) is 27.2 Å². The lowest BCUT2D eigenvalue weighted by molar-refractivity contribution is 0.117. The molecule has 2 heterocycles. The van der Waals surface area contributed by atoms with Crippen LogP contribution in [-0.4, -0.2) is 54.8 Å². The van der Waals surface area contributed by atoms with Crippen LogP contribution in [-0.2, 0) is 11.3 Å². The van der Waals surface area contributed by atoms with E-state index in [1.54, 1.807) is 0 Å². The summed E-state index contributed by atoms with van der Waals surface area (Å²) >= 11 is 0. The van der Waals surface area contributed by atoms with Crippen molar-refractivity contribution in [3.05, 3.63) is 11.9 Å². The number of piperidine rings is 1. The Morgan fingerprint density at radius 1 is 1.38 bits per heavy atom. The van der Waals surface area contributed by atoms with Crippen LogP contribution >= 0.6 is 0 Å². The van der Waals surface area contributed by atoms with Crippen LogP contribution in [0.3, 0.4) is 0 Å². The highest BCUT2D eigenvalue weighted by molar-refractivity contribution is 5.37. The molecular formula is C15H26N4O2. The number of anilines is 1. The summed E-state index contributed by atoms with van der Waals surface area (Å²) < 4.78 is 11.3. The van der Waals surface area contributed by atoms with Crippen molar-refractivity contribution in [3.63, 3.8) is 0 Å². The van der Waals surface area contributed by atoms with Gasteiger partial charge < -0.3 is 19.7 Å². The summed E-state index contributed by atoms with van der Waals surface area (Å²) in [6.07, 6.45) is 3.74. The van der Waals surface area contributed by atoms with Crippen molar-refractivity contribution in [2.24, 2.45) is 0 Å². The molecule has 0 bridgehead atoms.